The number of Topliss-reactive ketones (excluding diaryl/α,β-unsaturated/α-hetero) is 1. The molecule has 0 radical (unpaired) electrons. The molecule has 0 aliphatic rings. The van der Waals surface area contributed by atoms with Crippen LogP contribution in [0.1, 0.15) is 22.3 Å². The molecule has 0 N–H and O–H groups in total. The molecule has 4 rings (SSSR count). The lowest BCUT2D eigenvalue weighted by molar-refractivity contribution is 0.0982. The van der Waals surface area contributed by atoms with Crippen molar-refractivity contribution < 1.29 is 17.9 Å². The highest BCUT2D eigenvalue weighted by atomic mass is 35.5. The van der Waals surface area contributed by atoms with E-state index in [0.717, 1.165) is 5.56 Å². The average molecular weight is 456 g/mol. The van der Waals surface area contributed by atoms with Gasteiger partial charge in [-0.25, -0.2) is 18.4 Å². The number of imidazole rings is 1. The molecular weight excluding hydrogens is 438 g/mol. The van der Waals surface area contributed by atoms with E-state index < -0.39 is 9.84 Å². The van der Waals surface area contributed by atoms with Crippen molar-refractivity contribution in [1.82, 2.24) is 14.4 Å². The van der Waals surface area contributed by atoms with Gasteiger partial charge in [0, 0.05) is 37.3 Å². The number of benzene rings is 2. The molecule has 0 spiro atoms. The van der Waals surface area contributed by atoms with E-state index in [4.69, 9.17) is 16.3 Å². The fourth-order valence-corrected chi connectivity index (χ4v) is 4.94. The minimum absolute atomic E-state index is 0.0142. The fourth-order valence-electron chi connectivity index (χ4n) is 3.15. The lowest BCUT2D eigenvalue weighted by Crippen LogP contribution is -2.05. The quantitative estimate of drug-likeness (QED) is 0.390. The number of hydrogen-bond acceptors (Lipinski definition) is 6. The second-order valence-electron chi connectivity index (χ2n) is 6.84. The van der Waals surface area contributed by atoms with Crippen molar-refractivity contribution >= 4 is 33.0 Å². The maximum absolute atomic E-state index is 12.9. The van der Waals surface area contributed by atoms with Crippen LogP contribution >= 0.6 is 11.6 Å². The van der Waals surface area contributed by atoms with E-state index in [1.165, 1.54) is 37.6 Å². The molecule has 0 saturated carbocycles. The molecule has 0 saturated heterocycles. The normalized spacial score (nSPS) is 11.5. The maximum atomic E-state index is 12.9. The Labute approximate surface area is 184 Å². The number of nitrogens with zero attached hydrogens (tertiary/aromatic N) is 3. The zero-order valence-electron chi connectivity index (χ0n) is 16.5. The van der Waals surface area contributed by atoms with E-state index in [2.05, 4.69) is 9.97 Å². The molecule has 0 aliphatic carbocycles. The number of fused-ring (bicyclic) bond motifs is 1. The van der Waals surface area contributed by atoms with Gasteiger partial charge < -0.3 is 4.74 Å². The fraction of sp³-hybridized carbons (Fsp3) is 0.136. The topological polar surface area (TPSA) is 90.6 Å². The average Bonchev–Trinajstić information content (AvgIpc) is 3.25. The summed E-state index contributed by atoms with van der Waals surface area (Å²) in [5.74, 6) is 0.960. The van der Waals surface area contributed by atoms with Crippen molar-refractivity contribution in [3.63, 3.8) is 0 Å². The molecule has 0 atom stereocenters. The number of hydrogen-bond donors (Lipinski definition) is 0. The van der Waals surface area contributed by atoms with Crippen molar-refractivity contribution in [3.05, 3.63) is 83.4 Å². The largest absolute Gasteiger partial charge is 0.497 e. The zero-order chi connectivity index (χ0) is 22.0. The summed E-state index contributed by atoms with van der Waals surface area (Å²) in [6.07, 6.45) is 7.31. The highest BCUT2D eigenvalue weighted by Crippen LogP contribution is 2.30. The third-order valence-corrected chi connectivity index (χ3v) is 7.12. The Kier molecular flexibility index (Phi) is 5.75. The molecule has 0 fully saturated rings. The number of ketones is 1. The number of carbonyl (C=O) groups excluding carboxylic acids is 1. The van der Waals surface area contributed by atoms with Crippen LogP contribution in [-0.2, 0) is 16.3 Å². The van der Waals surface area contributed by atoms with Gasteiger partial charge in [-0.3, -0.25) is 9.20 Å². The summed E-state index contributed by atoms with van der Waals surface area (Å²) in [5.41, 5.74) is 1.35. The van der Waals surface area contributed by atoms with Crippen molar-refractivity contribution in [1.29, 1.82) is 0 Å². The Morgan fingerprint density at radius 2 is 1.90 bits per heavy atom. The summed E-state index contributed by atoms with van der Waals surface area (Å²) in [6.45, 7) is 0. The third-order valence-electron chi connectivity index (χ3n) is 4.87. The van der Waals surface area contributed by atoms with Gasteiger partial charge in [0.1, 0.15) is 5.75 Å². The minimum atomic E-state index is -3.77. The van der Waals surface area contributed by atoms with Gasteiger partial charge in [0.05, 0.1) is 27.5 Å². The minimum Gasteiger partial charge on any atom is -0.497 e. The van der Waals surface area contributed by atoms with E-state index in [0.29, 0.717) is 23.5 Å². The molecular formula is C22H18ClN3O4S. The lowest BCUT2D eigenvalue weighted by Gasteiger charge is -2.09. The molecule has 4 aromatic rings. The number of rotatable bonds is 7. The Hall–Kier alpha value is -3.23. The van der Waals surface area contributed by atoms with Crippen LogP contribution in [0, 0.1) is 0 Å². The SMILES string of the molecule is COc1ccc(S(=O)(=O)c2ccc(CCC(=O)c3cnc4nccn4c3)cc2)c(Cl)c1. The summed E-state index contributed by atoms with van der Waals surface area (Å²) in [4.78, 5) is 20.8. The van der Waals surface area contributed by atoms with Crippen LogP contribution in [0.4, 0.5) is 0 Å². The summed E-state index contributed by atoms with van der Waals surface area (Å²) in [7, 11) is -2.29. The number of halogens is 1. The molecule has 2 aromatic carbocycles. The van der Waals surface area contributed by atoms with Crippen LogP contribution in [0.5, 0.6) is 5.75 Å². The zero-order valence-corrected chi connectivity index (χ0v) is 18.1. The van der Waals surface area contributed by atoms with Crippen molar-refractivity contribution in [2.24, 2.45) is 0 Å². The maximum Gasteiger partial charge on any atom is 0.233 e. The summed E-state index contributed by atoms with van der Waals surface area (Å²) < 4.78 is 32.6. The standard InChI is InChI=1S/C22H18ClN3O4S/c1-30-17-5-9-21(19(23)12-17)31(28,29)18-6-2-15(3-7-18)4-8-20(27)16-13-25-22-24-10-11-26(22)14-16/h2-3,5-7,9-14H,4,8H2,1H3. The highest BCUT2D eigenvalue weighted by Gasteiger charge is 2.21. The van der Waals surface area contributed by atoms with Crippen LogP contribution in [0.15, 0.2) is 77.0 Å². The molecule has 0 bridgehead atoms. The Morgan fingerprint density at radius 3 is 2.61 bits per heavy atom. The van der Waals surface area contributed by atoms with Crippen molar-refractivity contribution in [3.8, 4) is 5.75 Å². The first kappa shape index (κ1) is 21.0. The van der Waals surface area contributed by atoms with Crippen LogP contribution in [-0.4, -0.2) is 35.7 Å². The van der Waals surface area contributed by atoms with Gasteiger partial charge >= 0.3 is 0 Å². The predicted octanol–water partition coefficient (Wildman–Crippen LogP) is 4.04. The first-order valence-corrected chi connectivity index (χ1v) is 11.2. The molecule has 0 unspecified atom stereocenters. The predicted molar refractivity (Wildman–Crippen MR) is 116 cm³/mol. The number of sulfone groups is 1. The summed E-state index contributed by atoms with van der Waals surface area (Å²) in [6, 6.07) is 10.9. The number of aromatic nitrogens is 3. The third kappa shape index (κ3) is 4.30. The van der Waals surface area contributed by atoms with E-state index in [9.17, 15) is 13.2 Å². The molecule has 9 heteroatoms. The first-order valence-electron chi connectivity index (χ1n) is 9.38. The van der Waals surface area contributed by atoms with Gasteiger partial charge in [0.25, 0.3) is 0 Å². The number of aryl methyl sites for hydroxylation is 1. The number of ether oxygens (including phenoxy) is 1. The monoisotopic (exact) mass is 455 g/mol. The van der Waals surface area contributed by atoms with Crippen LogP contribution in [0.25, 0.3) is 5.78 Å². The van der Waals surface area contributed by atoms with E-state index >= 15 is 0 Å². The van der Waals surface area contributed by atoms with E-state index in [-0.39, 0.29) is 27.0 Å². The van der Waals surface area contributed by atoms with Gasteiger partial charge in [-0.2, -0.15) is 0 Å². The molecule has 158 valence electrons. The Bertz CT molecular complexity index is 1370. The molecule has 2 aromatic heterocycles. The highest BCUT2D eigenvalue weighted by molar-refractivity contribution is 7.91. The van der Waals surface area contributed by atoms with E-state index in [1.807, 2.05) is 0 Å². The molecule has 31 heavy (non-hydrogen) atoms. The second kappa shape index (κ2) is 8.49. The molecule has 2 heterocycles. The smallest absolute Gasteiger partial charge is 0.233 e. The summed E-state index contributed by atoms with van der Waals surface area (Å²) >= 11 is 6.14. The number of carbonyl (C=O) groups is 1. The second-order valence-corrected chi connectivity index (χ2v) is 9.17. The van der Waals surface area contributed by atoms with Gasteiger partial charge in [0.2, 0.25) is 15.6 Å². The van der Waals surface area contributed by atoms with Crippen LogP contribution in [0.3, 0.4) is 0 Å². The van der Waals surface area contributed by atoms with Gasteiger partial charge in [-0.05, 0) is 36.2 Å². The van der Waals surface area contributed by atoms with Gasteiger partial charge in [0.15, 0.2) is 5.78 Å². The first-order chi connectivity index (χ1) is 14.9. The Morgan fingerprint density at radius 1 is 1.13 bits per heavy atom. The van der Waals surface area contributed by atoms with Crippen molar-refractivity contribution in [2.75, 3.05) is 7.11 Å². The van der Waals surface area contributed by atoms with Crippen LogP contribution < -0.4 is 4.74 Å². The van der Waals surface area contributed by atoms with Gasteiger partial charge in [-0.1, -0.05) is 23.7 Å². The Balaban J connectivity index is 1.47. The number of methoxy groups -OCH3 is 1. The van der Waals surface area contributed by atoms with E-state index in [1.54, 1.807) is 41.2 Å². The summed E-state index contributed by atoms with van der Waals surface area (Å²) in [5, 5.41) is 0.0949. The van der Waals surface area contributed by atoms with Crippen LogP contribution in [0.2, 0.25) is 5.02 Å². The molecule has 0 amide bonds. The molecule has 0 aliphatic heterocycles. The lowest BCUT2D eigenvalue weighted by atomic mass is 10.0. The van der Waals surface area contributed by atoms with Crippen molar-refractivity contribution in [2.45, 2.75) is 22.6 Å². The molecule has 7 nitrogen and oxygen atoms in total. The van der Waals surface area contributed by atoms with Gasteiger partial charge in [-0.15, -0.1) is 0 Å².